The summed E-state index contributed by atoms with van der Waals surface area (Å²) in [6.07, 6.45) is 7.28. The smallest absolute Gasteiger partial charge is 0.321 e. The number of carbonyl (C=O) groups is 2. The molecule has 3 N–H and O–H groups in total. The van der Waals surface area contributed by atoms with E-state index in [1.54, 1.807) is 9.58 Å². The highest BCUT2D eigenvalue weighted by Crippen LogP contribution is 2.18. The van der Waals surface area contributed by atoms with Crippen LogP contribution in [0.3, 0.4) is 0 Å². The largest absolute Gasteiger partial charge is 0.335 e. The lowest BCUT2D eigenvalue weighted by Gasteiger charge is -2.33. The van der Waals surface area contributed by atoms with Gasteiger partial charge in [0.2, 0.25) is 0 Å². The average Bonchev–Trinajstić information content (AvgIpc) is 3.21. The Hall–Kier alpha value is -3.17. The first kappa shape index (κ1) is 21.1. The quantitative estimate of drug-likeness (QED) is 0.695. The maximum Gasteiger partial charge on any atom is 0.321 e. The van der Waals surface area contributed by atoms with Crippen LogP contribution < -0.4 is 16.0 Å². The number of rotatable bonds is 4. The third kappa shape index (κ3) is 5.50. The molecule has 1 aromatic carbocycles. The van der Waals surface area contributed by atoms with Crippen molar-refractivity contribution in [3.63, 3.8) is 0 Å². The molecule has 0 radical (unpaired) electrons. The summed E-state index contributed by atoms with van der Waals surface area (Å²) in [5.74, 6) is 0.672. The van der Waals surface area contributed by atoms with E-state index in [-0.39, 0.29) is 18.1 Å². The van der Waals surface area contributed by atoms with Gasteiger partial charge >= 0.3 is 12.1 Å². The number of urea groups is 2. The predicted molar refractivity (Wildman–Crippen MR) is 116 cm³/mol. The van der Waals surface area contributed by atoms with Crippen LogP contribution in [-0.2, 0) is 0 Å². The van der Waals surface area contributed by atoms with Crippen molar-refractivity contribution in [2.24, 2.45) is 0 Å². The van der Waals surface area contributed by atoms with E-state index in [4.69, 9.17) is 0 Å². The number of aromatic nitrogens is 4. The van der Waals surface area contributed by atoms with Crippen molar-refractivity contribution in [2.45, 2.75) is 64.0 Å². The minimum atomic E-state index is -0.143. The molecule has 10 nitrogen and oxygen atoms in total. The molecule has 2 aliphatic rings. The summed E-state index contributed by atoms with van der Waals surface area (Å²) in [6, 6.07) is 7.59. The summed E-state index contributed by atoms with van der Waals surface area (Å²) in [7, 11) is 0. The van der Waals surface area contributed by atoms with Crippen LogP contribution in [-0.4, -0.2) is 62.3 Å². The number of piperidine rings is 1. The average molecular weight is 427 g/mol. The summed E-state index contributed by atoms with van der Waals surface area (Å²) in [4.78, 5) is 26.7. The molecule has 1 saturated carbocycles. The van der Waals surface area contributed by atoms with Crippen LogP contribution in [0, 0.1) is 6.92 Å². The first-order valence-corrected chi connectivity index (χ1v) is 11.1. The molecule has 166 valence electrons. The van der Waals surface area contributed by atoms with E-state index in [9.17, 15) is 9.59 Å². The highest BCUT2D eigenvalue weighted by Gasteiger charge is 2.25. The molecular weight excluding hydrogens is 396 g/mol. The standard InChI is InChI=1S/C21H30N8O2/c1-15-25-26-27-29(15)19-9-5-8-18(14-19)24-21(31)28-12-10-17(11-13-28)23-20(30)22-16-6-3-2-4-7-16/h5,8-9,14,16-17H,2-4,6-7,10-13H2,1H3,(H,24,31)(H2,22,23,30). The Bertz CT molecular complexity index is 900. The second-order valence-corrected chi connectivity index (χ2v) is 8.33. The molecule has 0 spiro atoms. The van der Waals surface area contributed by atoms with Gasteiger partial charge in [0.05, 0.1) is 5.69 Å². The number of nitrogens with zero attached hydrogens (tertiary/aromatic N) is 5. The molecule has 1 aliphatic carbocycles. The molecule has 4 rings (SSSR count). The van der Waals surface area contributed by atoms with E-state index in [1.807, 2.05) is 31.2 Å². The lowest BCUT2D eigenvalue weighted by Crippen LogP contribution is -2.51. The van der Waals surface area contributed by atoms with Gasteiger partial charge in [0.15, 0.2) is 5.82 Å². The maximum absolute atomic E-state index is 12.7. The zero-order chi connectivity index (χ0) is 21.6. The van der Waals surface area contributed by atoms with Crippen LogP contribution in [0.2, 0.25) is 0 Å². The van der Waals surface area contributed by atoms with Gasteiger partial charge in [0, 0.05) is 30.9 Å². The third-order valence-electron chi connectivity index (χ3n) is 6.03. The number of anilines is 1. The fourth-order valence-electron chi connectivity index (χ4n) is 4.27. The third-order valence-corrected chi connectivity index (χ3v) is 6.03. The van der Waals surface area contributed by atoms with Crippen molar-refractivity contribution in [2.75, 3.05) is 18.4 Å². The Morgan fingerprint density at radius 2 is 1.71 bits per heavy atom. The van der Waals surface area contributed by atoms with Crippen molar-refractivity contribution in [3.05, 3.63) is 30.1 Å². The number of carbonyl (C=O) groups excluding carboxylic acids is 2. The summed E-state index contributed by atoms with van der Waals surface area (Å²) < 4.78 is 1.62. The molecule has 0 unspecified atom stereocenters. The van der Waals surface area contributed by atoms with Crippen LogP contribution >= 0.6 is 0 Å². The molecule has 1 aromatic heterocycles. The number of tetrazole rings is 1. The molecule has 0 bridgehead atoms. The minimum Gasteiger partial charge on any atom is -0.335 e. The summed E-state index contributed by atoms with van der Waals surface area (Å²) in [5.41, 5.74) is 1.47. The summed E-state index contributed by atoms with van der Waals surface area (Å²) >= 11 is 0. The van der Waals surface area contributed by atoms with Crippen molar-refractivity contribution in [1.82, 2.24) is 35.7 Å². The Morgan fingerprint density at radius 1 is 1.00 bits per heavy atom. The number of amides is 4. The number of hydrogen-bond donors (Lipinski definition) is 3. The molecule has 4 amide bonds. The fraction of sp³-hybridized carbons (Fsp3) is 0.571. The van der Waals surface area contributed by atoms with Gasteiger partial charge in [-0.2, -0.15) is 4.68 Å². The second kappa shape index (κ2) is 9.76. The number of hydrogen-bond acceptors (Lipinski definition) is 5. The zero-order valence-corrected chi connectivity index (χ0v) is 17.9. The lowest BCUT2D eigenvalue weighted by atomic mass is 9.96. The van der Waals surface area contributed by atoms with Crippen molar-refractivity contribution in [3.8, 4) is 5.69 Å². The van der Waals surface area contributed by atoms with Crippen LogP contribution in [0.25, 0.3) is 5.69 Å². The van der Waals surface area contributed by atoms with E-state index >= 15 is 0 Å². The Kier molecular flexibility index (Phi) is 6.63. The Morgan fingerprint density at radius 3 is 2.39 bits per heavy atom. The summed E-state index contributed by atoms with van der Waals surface area (Å²) in [5, 5.41) is 20.6. The van der Waals surface area contributed by atoms with Gasteiger partial charge in [-0.1, -0.05) is 25.3 Å². The van der Waals surface area contributed by atoms with Crippen molar-refractivity contribution < 1.29 is 9.59 Å². The van der Waals surface area contributed by atoms with Crippen LogP contribution in [0.1, 0.15) is 50.8 Å². The molecule has 0 atom stereocenters. The van der Waals surface area contributed by atoms with E-state index in [2.05, 4.69) is 31.5 Å². The number of aryl methyl sites for hydroxylation is 1. The predicted octanol–water partition coefficient (Wildman–Crippen LogP) is 2.60. The summed E-state index contributed by atoms with van der Waals surface area (Å²) in [6.45, 7) is 3.02. The van der Waals surface area contributed by atoms with E-state index < -0.39 is 0 Å². The van der Waals surface area contributed by atoms with Crippen LogP contribution in [0.5, 0.6) is 0 Å². The minimum absolute atomic E-state index is 0.0792. The number of nitrogens with one attached hydrogen (secondary N) is 3. The molecular formula is C21H30N8O2. The van der Waals surface area contributed by atoms with Gasteiger partial charge < -0.3 is 20.9 Å². The molecule has 1 saturated heterocycles. The molecule has 2 heterocycles. The first-order valence-electron chi connectivity index (χ1n) is 11.1. The van der Waals surface area contributed by atoms with Gasteiger partial charge in [-0.25, -0.2) is 9.59 Å². The van der Waals surface area contributed by atoms with Crippen LogP contribution in [0.15, 0.2) is 24.3 Å². The van der Waals surface area contributed by atoms with Gasteiger partial charge in [0.25, 0.3) is 0 Å². The number of likely N-dealkylation sites (tertiary alicyclic amines) is 1. The monoisotopic (exact) mass is 426 g/mol. The Labute approximate surface area is 181 Å². The Balaban J connectivity index is 1.24. The second-order valence-electron chi connectivity index (χ2n) is 8.33. The molecule has 2 fully saturated rings. The maximum atomic E-state index is 12.7. The topological polar surface area (TPSA) is 117 Å². The van der Waals surface area contributed by atoms with Gasteiger partial charge in [-0.3, -0.25) is 0 Å². The highest BCUT2D eigenvalue weighted by atomic mass is 16.2. The van der Waals surface area contributed by atoms with E-state index in [0.29, 0.717) is 30.6 Å². The number of benzene rings is 1. The van der Waals surface area contributed by atoms with Gasteiger partial charge in [-0.15, -0.1) is 5.10 Å². The molecule has 1 aliphatic heterocycles. The van der Waals surface area contributed by atoms with E-state index in [0.717, 1.165) is 31.4 Å². The fourth-order valence-corrected chi connectivity index (χ4v) is 4.27. The molecule has 31 heavy (non-hydrogen) atoms. The van der Waals surface area contributed by atoms with Crippen molar-refractivity contribution in [1.29, 1.82) is 0 Å². The lowest BCUT2D eigenvalue weighted by molar-refractivity contribution is 0.186. The van der Waals surface area contributed by atoms with Crippen LogP contribution in [0.4, 0.5) is 15.3 Å². The van der Waals surface area contributed by atoms with Gasteiger partial charge in [0.1, 0.15) is 0 Å². The highest BCUT2D eigenvalue weighted by molar-refractivity contribution is 5.89. The molecule has 10 heteroatoms. The first-order chi connectivity index (χ1) is 15.1. The molecule has 2 aromatic rings. The normalized spacial score (nSPS) is 17.9. The van der Waals surface area contributed by atoms with Crippen molar-refractivity contribution >= 4 is 17.7 Å². The van der Waals surface area contributed by atoms with E-state index in [1.165, 1.54) is 19.3 Å². The van der Waals surface area contributed by atoms with Gasteiger partial charge in [-0.05, 0) is 61.2 Å². The zero-order valence-electron chi connectivity index (χ0n) is 17.9. The SMILES string of the molecule is Cc1nnnn1-c1cccc(NC(=O)N2CCC(NC(=O)NC3CCCCC3)CC2)c1.